The maximum atomic E-state index is 12.6. The van der Waals surface area contributed by atoms with Crippen molar-refractivity contribution in [1.82, 2.24) is 19.5 Å². The van der Waals surface area contributed by atoms with Gasteiger partial charge in [0.05, 0.1) is 21.2 Å². The number of hydrogen-bond acceptors (Lipinski definition) is 6. The molecule has 5 rings (SSSR count). The highest BCUT2D eigenvalue weighted by Gasteiger charge is 2.25. The van der Waals surface area contributed by atoms with Crippen LogP contribution in [-0.4, -0.2) is 49.6 Å². The third-order valence-electron chi connectivity index (χ3n) is 5.47. The number of likely N-dealkylation sites (tertiary alicyclic amines) is 1. The average molecular weight is 498 g/mol. The van der Waals surface area contributed by atoms with Gasteiger partial charge in [-0.25, -0.2) is 4.98 Å². The molecule has 3 aromatic heterocycles. The van der Waals surface area contributed by atoms with Gasteiger partial charge in [-0.05, 0) is 52.4 Å². The van der Waals surface area contributed by atoms with Crippen molar-refractivity contribution >= 4 is 44.6 Å². The summed E-state index contributed by atoms with van der Waals surface area (Å²) in [5.74, 6) is 1.09. The van der Waals surface area contributed by atoms with Crippen LogP contribution >= 0.6 is 27.3 Å². The molecule has 0 saturated carbocycles. The van der Waals surface area contributed by atoms with Crippen LogP contribution in [0.3, 0.4) is 0 Å². The summed E-state index contributed by atoms with van der Waals surface area (Å²) in [5, 5.41) is 20.2. The minimum absolute atomic E-state index is 0.109. The Hall–Kier alpha value is -2.91. The van der Waals surface area contributed by atoms with Crippen molar-refractivity contribution in [1.29, 1.82) is 0 Å². The van der Waals surface area contributed by atoms with E-state index in [1.807, 2.05) is 40.6 Å². The summed E-state index contributed by atoms with van der Waals surface area (Å²) in [6, 6.07) is 13.1. The van der Waals surface area contributed by atoms with Gasteiger partial charge in [0.25, 0.3) is 5.91 Å². The van der Waals surface area contributed by atoms with Gasteiger partial charge in [0, 0.05) is 30.8 Å². The molecule has 1 aromatic carbocycles. The number of aromatic hydroxyl groups is 1. The molecule has 4 aromatic rings. The number of carbonyl (C=O) groups is 1. The molecule has 1 aliphatic heterocycles. The Labute approximate surface area is 191 Å². The fraction of sp³-hybridized carbons (Fsp3) is 0.227. The second kappa shape index (κ2) is 8.32. The highest BCUT2D eigenvalue weighted by atomic mass is 79.9. The number of amides is 1. The Balaban J connectivity index is 1.38. The average Bonchev–Trinajstić information content (AvgIpc) is 3.45. The van der Waals surface area contributed by atoms with E-state index in [2.05, 4.69) is 31.3 Å². The van der Waals surface area contributed by atoms with Gasteiger partial charge in [-0.15, -0.1) is 11.3 Å². The number of phenolic OH excluding ortho intramolecular Hbond substituents is 1. The van der Waals surface area contributed by atoms with Crippen LogP contribution < -0.4 is 5.32 Å². The molecule has 9 heteroatoms. The van der Waals surface area contributed by atoms with Crippen molar-refractivity contribution in [2.45, 2.75) is 18.9 Å². The van der Waals surface area contributed by atoms with Gasteiger partial charge in [-0.1, -0.05) is 18.2 Å². The molecule has 0 aliphatic carbocycles. The number of aromatic nitrogens is 3. The Bertz CT molecular complexity index is 1230. The molecule has 4 heterocycles. The molecular formula is C22H20BrN5O2S. The predicted molar refractivity (Wildman–Crippen MR) is 125 cm³/mol. The van der Waals surface area contributed by atoms with Crippen LogP contribution in [0.15, 0.2) is 58.5 Å². The van der Waals surface area contributed by atoms with E-state index in [0.717, 1.165) is 28.0 Å². The van der Waals surface area contributed by atoms with Gasteiger partial charge >= 0.3 is 0 Å². The summed E-state index contributed by atoms with van der Waals surface area (Å²) >= 11 is 5.00. The first-order chi connectivity index (χ1) is 15.1. The molecule has 0 bridgehead atoms. The molecule has 2 N–H and O–H groups in total. The van der Waals surface area contributed by atoms with Crippen LogP contribution in [0.4, 0.5) is 5.82 Å². The zero-order valence-corrected chi connectivity index (χ0v) is 18.9. The fourth-order valence-electron chi connectivity index (χ4n) is 3.86. The van der Waals surface area contributed by atoms with Gasteiger partial charge in [0.2, 0.25) is 0 Å². The first-order valence-corrected chi connectivity index (χ1v) is 11.7. The van der Waals surface area contributed by atoms with Crippen LogP contribution in [0, 0.1) is 0 Å². The van der Waals surface area contributed by atoms with Gasteiger partial charge in [0.15, 0.2) is 5.65 Å². The Morgan fingerprint density at radius 1 is 1.19 bits per heavy atom. The van der Waals surface area contributed by atoms with E-state index < -0.39 is 0 Å². The first kappa shape index (κ1) is 20.0. The minimum atomic E-state index is 0.109. The Morgan fingerprint density at radius 3 is 2.74 bits per heavy atom. The van der Waals surface area contributed by atoms with Crippen LogP contribution in [-0.2, 0) is 0 Å². The van der Waals surface area contributed by atoms with E-state index in [1.54, 1.807) is 22.8 Å². The molecule has 1 saturated heterocycles. The number of thiophene rings is 1. The number of nitrogens with one attached hydrogen (secondary N) is 1. The predicted octanol–water partition coefficient (Wildman–Crippen LogP) is 4.64. The van der Waals surface area contributed by atoms with Crippen molar-refractivity contribution in [3.05, 3.63) is 63.4 Å². The molecule has 0 radical (unpaired) electrons. The second-order valence-corrected chi connectivity index (χ2v) is 9.26. The van der Waals surface area contributed by atoms with Gasteiger partial charge in [-0.2, -0.15) is 9.61 Å². The molecule has 1 aliphatic rings. The number of para-hydroxylation sites is 1. The molecule has 1 fully saturated rings. The zero-order valence-electron chi connectivity index (χ0n) is 16.5. The number of hydrogen-bond donors (Lipinski definition) is 2. The van der Waals surface area contributed by atoms with Gasteiger partial charge in [-0.3, -0.25) is 4.79 Å². The summed E-state index contributed by atoms with van der Waals surface area (Å²) in [4.78, 5) is 20.0. The van der Waals surface area contributed by atoms with Gasteiger partial charge in [0.1, 0.15) is 11.6 Å². The summed E-state index contributed by atoms with van der Waals surface area (Å²) in [6.45, 7) is 1.41. The summed E-state index contributed by atoms with van der Waals surface area (Å²) in [7, 11) is 0. The normalized spacial score (nSPS) is 14.8. The lowest BCUT2D eigenvalue weighted by Gasteiger charge is -2.32. The molecule has 7 nitrogen and oxygen atoms in total. The Kier molecular flexibility index (Phi) is 5.37. The molecule has 0 spiro atoms. The van der Waals surface area contributed by atoms with Crippen molar-refractivity contribution in [3.63, 3.8) is 0 Å². The SMILES string of the molecule is O=C(c1cccs1)N1CCC(Nc2cc(-c3ccccc3O)nc3c(Br)cnn23)CC1. The van der Waals surface area contributed by atoms with Gasteiger partial charge < -0.3 is 15.3 Å². The highest BCUT2D eigenvalue weighted by molar-refractivity contribution is 9.10. The lowest BCUT2D eigenvalue weighted by atomic mass is 10.0. The molecule has 0 unspecified atom stereocenters. The Morgan fingerprint density at radius 2 is 2.00 bits per heavy atom. The van der Waals surface area contributed by atoms with Crippen molar-refractivity contribution in [3.8, 4) is 17.0 Å². The van der Waals surface area contributed by atoms with E-state index in [4.69, 9.17) is 0 Å². The summed E-state index contributed by atoms with van der Waals surface area (Å²) < 4.78 is 2.54. The van der Waals surface area contributed by atoms with Crippen molar-refractivity contribution < 1.29 is 9.90 Å². The van der Waals surface area contributed by atoms with E-state index in [-0.39, 0.29) is 17.7 Å². The molecule has 31 heavy (non-hydrogen) atoms. The highest BCUT2D eigenvalue weighted by Crippen LogP contribution is 2.31. The van der Waals surface area contributed by atoms with E-state index in [0.29, 0.717) is 30.0 Å². The third-order valence-corrected chi connectivity index (χ3v) is 6.89. The molecule has 158 valence electrons. The van der Waals surface area contributed by atoms with E-state index >= 15 is 0 Å². The van der Waals surface area contributed by atoms with Crippen LogP contribution in [0.25, 0.3) is 16.9 Å². The van der Waals surface area contributed by atoms with E-state index in [1.165, 1.54) is 11.3 Å². The number of phenols is 1. The van der Waals surface area contributed by atoms with Crippen LogP contribution in [0.2, 0.25) is 0 Å². The monoisotopic (exact) mass is 497 g/mol. The standard InChI is InChI=1S/C22H20BrN5O2S/c23-16-13-24-28-20(12-17(26-21(16)28)15-4-1-2-5-18(15)29)25-14-7-9-27(10-8-14)22(30)19-6-3-11-31-19/h1-6,11-14,25,29H,7-10H2. The van der Waals surface area contributed by atoms with E-state index in [9.17, 15) is 9.90 Å². The summed E-state index contributed by atoms with van der Waals surface area (Å²) in [5.41, 5.74) is 2.01. The summed E-state index contributed by atoms with van der Waals surface area (Å²) in [6.07, 6.45) is 3.40. The quantitative estimate of drug-likeness (QED) is 0.429. The zero-order chi connectivity index (χ0) is 21.4. The first-order valence-electron chi connectivity index (χ1n) is 10.0. The number of halogens is 1. The lowest BCUT2D eigenvalue weighted by molar-refractivity contribution is 0.0723. The number of fused-ring (bicyclic) bond motifs is 1. The van der Waals surface area contributed by atoms with Crippen LogP contribution in [0.1, 0.15) is 22.5 Å². The second-order valence-electron chi connectivity index (χ2n) is 7.46. The number of nitrogens with zero attached hydrogens (tertiary/aromatic N) is 4. The lowest BCUT2D eigenvalue weighted by Crippen LogP contribution is -2.42. The smallest absolute Gasteiger partial charge is 0.263 e. The number of anilines is 1. The van der Waals surface area contributed by atoms with Crippen LogP contribution in [0.5, 0.6) is 5.75 Å². The molecular weight excluding hydrogens is 478 g/mol. The molecule has 1 amide bonds. The topological polar surface area (TPSA) is 82.8 Å². The van der Waals surface area contributed by atoms with Crippen molar-refractivity contribution in [2.75, 3.05) is 18.4 Å². The van der Waals surface area contributed by atoms with Crippen molar-refractivity contribution in [2.24, 2.45) is 0 Å². The number of piperidine rings is 1. The maximum absolute atomic E-state index is 12.6. The maximum Gasteiger partial charge on any atom is 0.263 e. The third kappa shape index (κ3) is 3.90. The number of benzene rings is 1. The largest absolute Gasteiger partial charge is 0.507 e. The number of carbonyl (C=O) groups excluding carboxylic acids is 1. The number of rotatable bonds is 4. The minimum Gasteiger partial charge on any atom is -0.507 e. The fourth-order valence-corrected chi connectivity index (χ4v) is 4.90. The molecule has 0 atom stereocenters.